The molecule has 7 N–H and O–H groups in total. The van der Waals surface area contributed by atoms with Gasteiger partial charge in [0.05, 0.1) is 0 Å². The standard InChI is InChI=1S/C37H45N9O3/c1-23-2-7-29(36(48)40-31-16-18-39-19-17-31)21-32(23)26-8-3-24(4-9-26)20-33(42-35(47)28-10-5-25(22-38)6-11-28)37(49)41-30-14-12-27(13-15-30)34-43-45-46-44-34/h2-4,7-9,12-15,21,25,28,31,33,39H,5-6,10-11,16-20,22,38H2,1H3,(H,40,48)(H,41,49)(H,42,47)(H,43,44,45,46). The van der Waals surface area contributed by atoms with Crippen molar-refractivity contribution in [2.75, 3.05) is 25.0 Å². The predicted molar refractivity (Wildman–Crippen MR) is 188 cm³/mol. The van der Waals surface area contributed by atoms with Gasteiger partial charge in [-0.3, -0.25) is 14.4 Å². The highest BCUT2D eigenvalue weighted by Gasteiger charge is 2.29. The molecule has 6 rings (SSSR count). The van der Waals surface area contributed by atoms with Crippen LogP contribution in [0.15, 0.2) is 66.7 Å². The minimum Gasteiger partial charge on any atom is -0.349 e. The first-order valence-electron chi connectivity index (χ1n) is 17.2. The fourth-order valence-corrected chi connectivity index (χ4v) is 6.74. The van der Waals surface area contributed by atoms with Crippen molar-refractivity contribution in [3.8, 4) is 22.5 Å². The predicted octanol–water partition coefficient (Wildman–Crippen LogP) is 3.76. The number of rotatable bonds is 11. The topological polar surface area (TPSA) is 180 Å². The van der Waals surface area contributed by atoms with Crippen LogP contribution in [0.1, 0.15) is 60.0 Å². The number of aromatic amines is 1. The number of carbonyl (C=O) groups excluding carboxylic acids is 3. The largest absolute Gasteiger partial charge is 0.349 e. The van der Waals surface area contributed by atoms with Crippen LogP contribution in [-0.2, 0) is 16.0 Å². The van der Waals surface area contributed by atoms with Gasteiger partial charge in [-0.25, -0.2) is 0 Å². The number of aromatic nitrogens is 4. The van der Waals surface area contributed by atoms with E-state index in [-0.39, 0.29) is 29.7 Å². The molecule has 4 aromatic rings. The van der Waals surface area contributed by atoms with Gasteiger partial charge in [0.15, 0.2) is 0 Å². The molecule has 1 unspecified atom stereocenters. The van der Waals surface area contributed by atoms with Crippen LogP contribution in [0.2, 0.25) is 0 Å². The first-order chi connectivity index (χ1) is 23.9. The van der Waals surface area contributed by atoms with Crippen LogP contribution in [0.25, 0.3) is 22.5 Å². The molecule has 1 aliphatic carbocycles. The van der Waals surface area contributed by atoms with E-state index in [1.165, 1.54) is 0 Å². The van der Waals surface area contributed by atoms with Crippen molar-refractivity contribution in [1.82, 2.24) is 36.6 Å². The van der Waals surface area contributed by atoms with Gasteiger partial charge in [-0.05, 0) is 135 Å². The minimum absolute atomic E-state index is 0.0599. The van der Waals surface area contributed by atoms with Crippen molar-refractivity contribution in [1.29, 1.82) is 0 Å². The number of anilines is 1. The fourth-order valence-electron chi connectivity index (χ4n) is 6.74. The Morgan fingerprint density at radius 1 is 0.898 bits per heavy atom. The molecule has 12 heteroatoms. The van der Waals surface area contributed by atoms with E-state index in [9.17, 15) is 14.4 Å². The lowest BCUT2D eigenvalue weighted by Crippen LogP contribution is -2.48. The molecule has 12 nitrogen and oxygen atoms in total. The van der Waals surface area contributed by atoms with Gasteiger partial charge in [0, 0.05) is 35.2 Å². The van der Waals surface area contributed by atoms with Gasteiger partial charge in [0.2, 0.25) is 17.6 Å². The summed E-state index contributed by atoms with van der Waals surface area (Å²) in [6.45, 7) is 4.49. The number of tetrazole rings is 1. The highest BCUT2D eigenvalue weighted by atomic mass is 16.2. The van der Waals surface area contributed by atoms with Crippen LogP contribution < -0.4 is 27.0 Å². The Bertz CT molecular complexity index is 1710. The van der Waals surface area contributed by atoms with Gasteiger partial charge >= 0.3 is 0 Å². The van der Waals surface area contributed by atoms with E-state index in [1.807, 2.05) is 49.4 Å². The van der Waals surface area contributed by atoms with Crippen molar-refractivity contribution >= 4 is 23.4 Å². The number of H-pyrrole nitrogens is 1. The molecule has 1 saturated heterocycles. The van der Waals surface area contributed by atoms with Crippen LogP contribution >= 0.6 is 0 Å². The highest BCUT2D eigenvalue weighted by Crippen LogP contribution is 2.29. The van der Waals surface area contributed by atoms with Gasteiger partial charge in [-0.2, -0.15) is 5.21 Å². The van der Waals surface area contributed by atoms with Crippen molar-refractivity contribution < 1.29 is 14.4 Å². The Kier molecular flexibility index (Phi) is 11.1. The molecule has 3 aromatic carbocycles. The quantitative estimate of drug-likeness (QED) is 0.140. The lowest BCUT2D eigenvalue weighted by Gasteiger charge is -2.28. The summed E-state index contributed by atoms with van der Waals surface area (Å²) >= 11 is 0. The lowest BCUT2D eigenvalue weighted by molar-refractivity contribution is -0.130. The summed E-state index contributed by atoms with van der Waals surface area (Å²) in [6.07, 6.45) is 5.53. The number of amides is 3. The molecule has 256 valence electrons. The van der Waals surface area contributed by atoms with Gasteiger partial charge in [-0.15, -0.1) is 10.2 Å². The summed E-state index contributed by atoms with van der Waals surface area (Å²) in [5, 5.41) is 26.6. The third-order valence-corrected chi connectivity index (χ3v) is 9.82. The first-order valence-corrected chi connectivity index (χ1v) is 17.2. The smallest absolute Gasteiger partial charge is 0.251 e. The first kappa shape index (κ1) is 33.9. The molecule has 2 aliphatic rings. The van der Waals surface area contributed by atoms with Crippen molar-refractivity contribution in [3.63, 3.8) is 0 Å². The normalized spacial score (nSPS) is 18.7. The van der Waals surface area contributed by atoms with Crippen molar-refractivity contribution in [2.45, 2.75) is 64.0 Å². The third kappa shape index (κ3) is 8.76. The zero-order valence-electron chi connectivity index (χ0n) is 27.9. The van der Waals surface area contributed by atoms with E-state index in [2.05, 4.69) is 41.9 Å². The van der Waals surface area contributed by atoms with Gasteiger partial charge in [0.25, 0.3) is 5.91 Å². The molecule has 3 amide bonds. The maximum absolute atomic E-state index is 13.7. The molecular formula is C37H45N9O3. The number of hydrogen-bond donors (Lipinski definition) is 6. The number of hydrogen-bond acceptors (Lipinski definition) is 8. The number of nitrogens with zero attached hydrogens (tertiary/aromatic N) is 3. The molecule has 1 saturated carbocycles. The van der Waals surface area contributed by atoms with Gasteiger partial charge < -0.3 is 27.0 Å². The van der Waals surface area contributed by atoms with E-state index in [4.69, 9.17) is 5.73 Å². The lowest BCUT2D eigenvalue weighted by atomic mass is 9.81. The van der Waals surface area contributed by atoms with E-state index in [1.54, 1.807) is 24.3 Å². The average molecular weight is 664 g/mol. The van der Waals surface area contributed by atoms with Gasteiger partial charge in [0.1, 0.15) is 6.04 Å². The minimum atomic E-state index is -0.786. The number of nitrogens with one attached hydrogen (secondary N) is 5. The molecule has 2 heterocycles. The van der Waals surface area contributed by atoms with Crippen LogP contribution in [0.3, 0.4) is 0 Å². The molecular weight excluding hydrogens is 618 g/mol. The molecule has 1 atom stereocenters. The second-order valence-corrected chi connectivity index (χ2v) is 13.2. The zero-order valence-corrected chi connectivity index (χ0v) is 27.9. The molecule has 2 fully saturated rings. The van der Waals surface area contributed by atoms with Crippen LogP contribution in [0.5, 0.6) is 0 Å². The highest BCUT2D eigenvalue weighted by molar-refractivity contribution is 5.98. The van der Waals surface area contributed by atoms with E-state index < -0.39 is 6.04 Å². The number of benzene rings is 3. The molecule has 49 heavy (non-hydrogen) atoms. The Morgan fingerprint density at radius 3 is 2.29 bits per heavy atom. The van der Waals surface area contributed by atoms with Gasteiger partial charge in [-0.1, -0.05) is 30.3 Å². The molecule has 0 bridgehead atoms. The monoisotopic (exact) mass is 663 g/mol. The maximum Gasteiger partial charge on any atom is 0.251 e. The second kappa shape index (κ2) is 16.0. The summed E-state index contributed by atoms with van der Waals surface area (Å²) in [7, 11) is 0. The number of nitrogens with two attached hydrogens (primary N) is 1. The van der Waals surface area contributed by atoms with Crippen molar-refractivity contribution in [3.05, 3.63) is 83.4 Å². The third-order valence-electron chi connectivity index (χ3n) is 9.82. The number of carbonyl (C=O) groups is 3. The Hall–Kier alpha value is -4.94. The summed E-state index contributed by atoms with van der Waals surface area (Å²) in [5.41, 5.74) is 11.8. The average Bonchev–Trinajstić information content (AvgIpc) is 3.68. The van der Waals surface area contributed by atoms with Crippen molar-refractivity contribution in [2.24, 2.45) is 17.6 Å². The summed E-state index contributed by atoms with van der Waals surface area (Å²) in [6, 6.07) is 20.3. The molecule has 1 aromatic heterocycles. The number of aryl methyl sites for hydroxylation is 1. The SMILES string of the molecule is Cc1ccc(C(=O)NC2CCNCC2)cc1-c1ccc(CC(NC(=O)C2CCC(CN)CC2)C(=O)Nc2ccc(-c3nn[nH]n3)cc2)cc1. The van der Waals surface area contributed by atoms with Crippen LogP contribution in [0.4, 0.5) is 5.69 Å². The zero-order chi connectivity index (χ0) is 34.2. The molecule has 0 radical (unpaired) electrons. The molecule has 1 aliphatic heterocycles. The van der Waals surface area contributed by atoms with E-state index >= 15 is 0 Å². The summed E-state index contributed by atoms with van der Waals surface area (Å²) in [5.74, 6) is 0.300. The molecule has 0 spiro atoms. The Balaban J connectivity index is 1.16. The van der Waals surface area contributed by atoms with Crippen LogP contribution in [-0.4, -0.2) is 70.1 Å². The second-order valence-electron chi connectivity index (χ2n) is 13.2. The number of piperidine rings is 1. The van der Waals surface area contributed by atoms with E-state index in [0.717, 1.165) is 79.4 Å². The van der Waals surface area contributed by atoms with Crippen LogP contribution in [0, 0.1) is 18.8 Å². The summed E-state index contributed by atoms with van der Waals surface area (Å²) < 4.78 is 0. The summed E-state index contributed by atoms with van der Waals surface area (Å²) in [4.78, 5) is 40.2. The Morgan fingerprint density at radius 2 is 1.61 bits per heavy atom. The fraction of sp³-hybridized carbons (Fsp3) is 0.405. The van der Waals surface area contributed by atoms with E-state index in [0.29, 0.717) is 36.0 Å². The maximum atomic E-state index is 13.7. The Labute approximate surface area is 286 Å².